The molecule has 0 aliphatic rings. The number of hydrogen-bond donors (Lipinski definition) is 2. The van der Waals surface area contributed by atoms with Crippen molar-refractivity contribution in [2.75, 3.05) is 5.32 Å². The van der Waals surface area contributed by atoms with Crippen LogP contribution in [-0.4, -0.2) is 15.4 Å². The van der Waals surface area contributed by atoms with Gasteiger partial charge in [0.1, 0.15) is 0 Å². The monoisotopic (exact) mass is 312 g/mol. The zero-order chi connectivity index (χ0) is 12.4. The van der Waals surface area contributed by atoms with E-state index in [0.717, 1.165) is 15.0 Å². The summed E-state index contributed by atoms with van der Waals surface area (Å²) in [7, 11) is 0. The third-order valence-corrected chi connectivity index (χ3v) is 3.46. The van der Waals surface area contributed by atoms with E-state index >= 15 is 0 Å². The molecule has 17 heavy (non-hydrogen) atoms. The highest BCUT2D eigenvalue weighted by Crippen LogP contribution is 2.28. The van der Waals surface area contributed by atoms with Gasteiger partial charge in [0.15, 0.2) is 5.69 Å². The molecule has 0 saturated heterocycles. The van der Waals surface area contributed by atoms with E-state index in [4.69, 9.17) is 5.11 Å². The number of carboxylic acid groups (broad SMARTS) is 1. The fourth-order valence-corrected chi connectivity index (χ4v) is 2.24. The lowest BCUT2D eigenvalue weighted by Gasteiger charge is -2.06. The van der Waals surface area contributed by atoms with Crippen LogP contribution in [-0.2, 0) is 0 Å². The van der Waals surface area contributed by atoms with Crippen molar-refractivity contribution in [2.24, 2.45) is 0 Å². The summed E-state index contributed by atoms with van der Waals surface area (Å²) in [6, 6.07) is 7.51. The molecule has 1 aromatic carbocycles. The van der Waals surface area contributed by atoms with Crippen molar-refractivity contribution in [3.05, 3.63) is 39.3 Å². The summed E-state index contributed by atoms with van der Waals surface area (Å²) < 4.78 is 4.87. The lowest BCUT2D eigenvalue weighted by molar-refractivity contribution is 0.0693. The largest absolute Gasteiger partial charge is 0.476 e. The third kappa shape index (κ3) is 2.65. The van der Waals surface area contributed by atoms with Crippen LogP contribution in [0.2, 0.25) is 0 Å². The zero-order valence-electron chi connectivity index (χ0n) is 8.90. The molecule has 2 N–H and O–H groups in total. The molecule has 1 aromatic heterocycles. The normalized spacial score (nSPS) is 10.2. The molecule has 88 valence electrons. The van der Waals surface area contributed by atoms with Crippen molar-refractivity contribution < 1.29 is 9.90 Å². The summed E-state index contributed by atoms with van der Waals surface area (Å²) in [5.41, 5.74) is 1.46. The van der Waals surface area contributed by atoms with Crippen molar-refractivity contribution in [1.82, 2.24) is 4.37 Å². The second-order valence-corrected chi connectivity index (χ2v) is 5.29. The molecule has 2 aromatic rings. The number of hydrogen-bond acceptors (Lipinski definition) is 4. The molecule has 6 heteroatoms. The lowest BCUT2D eigenvalue weighted by Crippen LogP contribution is -2.02. The average molecular weight is 313 g/mol. The summed E-state index contributed by atoms with van der Waals surface area (Å²) in [4.78, 5) is 11.8. The van der Waals surface area contributed by atoms with Crippen LogP contribution in [0.15, 0.2) is 28.7 Å². The molecule has 0 fully saturated rings. The van der Waals surface area contributed by atoms with Gasteiger partial charge in [0.25, 0.3) is 0 Å². The Labute approximate surface area is 111 Å². The Hall–Kier alpha value is -1.40. The lowest BCUT2D eigenvalue weighted by atomic mass is 10.2. The number of benzene rings is 1. The molecule has 0 saturated carbocycles. The number of nitrogens with zero attached hydrogens (tertiary/aromatic N) is 1. The first-order chi connectivity index (χ1) is 8.08. The number of nitrogens with one attached hydrogen (secondary N) is 1. The minimum absolute atomic E-state index is 0.0652. The molecule has 0 aliphatic heterocycles. The fourth-order valence-electron chi connectivity index (χ4n) is 1.34. The van der Waals surface area contributed by atoms with Gasteiger partial charge in [0, 0.05) is 15.0 Å². The van der Waals surface area contributed by atoms with Gasteiger partial charge >= 0.3 is 5.97 Å². The highest BCUT2D eigenvalue weighted by molar-refractivity contribution is 9.10. The first kappa shape index (κ1) is 12.1. The number of anilines is 2. The standard InChI is InChI=1S/C11H9BrN2O2S/c1-6-9(10(11(15)16)14-17-6)13-8-4-2-7(12)3-5-8/h2-5,13H,1H3,(H,15,16). The van der Waals surface area contributed by atoms with Gasteiger partial charge < -0.3 is 10.4 Å². The zero-order valence-corrected chi connectivity index (χ0v) is 11.3. The predicted octanol–water partition coefficient (Wildman–Crippen LogP) is 3.66. The van der Waals surface area contributed by atoms with Crippen molar-refractivity contribution in [3.8, 4) is 0 Å². The summed E-state index contributed by atoms with van der Waals surface area (Å²) in [5.74, 6) is -1.02. The van der Waals surface area contributed by atoms with E-state index in [-0.39, 0.29) is 5.69 Å². The van der Waals surface area contributed by atoms with Gasteiger partial charge in [-0.1, -0.05) is 15.9 Å². The van der Waals surface area contributed by atoms with Gasteiger partial charge in [0.2, 0.25) is 0 Å². The highest BCUT2D eigenvalue weighted by atomic mass is 79.9. The van der Waals surface area contributed by atoms with E-state index in [0.29, 0.717) is 5.69 Å². The number of carbonyl (C=O) groups is 1. The van der Waals surface area contributed by atoms with Gasteiger partial charge in [-0.3, -0.25) is 0 Å². The molecular formula is C11H9BrN2O2S. The van der Waals surface area contributed by atoms with Crippen LogP contribution in [0.25, 0.3) is 0 Å². The van der Waals surface area contributed by atoms with E-state index < -0.39 is 5.97 Å². The SMILES string of the molecule is Cc1snc(C(=O)O)c1Nc1ccc(Br)cc1. The third-order valence-electron chi connectivity index (χ3n) is 2.18. The van der Waals surface area contributed by atoms with Gasteiger partial charge in [-0.2, -0.15) is 4.37 Å². The minimum atomic E-state index is -1.02. The van der Waals surface area contributed by atoms with Crippen LogP contribution in [0.5, 0.6) is 0 Å². The van der Waals surface area contributed by atoms with Crippen LogP contribution < -0.4 is 5.32 Å². The van der Waals surface area contributed by atoms with Crippen LogP contribution in [0, 0.1) is 6.92 Å². The van der Waals surface area contributed by atoms with Crippen molar-refractivity contribution in [2.45, 2.75) is 6.92 Å². The molecule has 4 nitrogen and oxygen atoms in total. The minimum Gasteiger partial charge on any atom is -0.476 e. The molecule has 0 atom stereocenters. The Morgan fingerprint density at radius 3 is 2.65 bits per heavy atom. The Balaban J connectivity index is 2.32. The van der Waals surface area contributed by atoms with E-state index in [9.17, 15) is 4.79 Å². The molecular weight excluding hydrogens is 304 g/mol. The molecule has 0 unspecified atom stereocenters. The van der Waals surface area contributed by atoms with E-state index in [1.165, 1.54) is 11.5 Å². The van der Waals surface area contributed by atoms with Crippen molar-refractivity contribution >= 4 is 44.8 Å². The number of aromatic nitrogens is 1. The quantitative estimate of drug-likeness (QED) is 0.908. The number of halogens is 1. The highest BCUT2D eigenvalue weighted by Gasteiger charge is 2.16. The number of aryl methyl sites for hydroxylation is 1. The summed E-state index contributed by atoms with van der Waals surface area (Å²) in [6.45, 7) is 1.84. The summed E-state index contributed by atoms with van der Waals surface area (Å²) in [6.07, 6.45) is 0. The Morgan fingerprint density at radius 1 is 1.41 bits per heavy atom. The molecule has 0 aliphatic carbocycles. The molecule has 1 heterocycles. The van der Waals surface area contributed by atoms with Gasteiger partial charge in [-0.05, 0) is 42.7 Å². The van der Waals surface area contributed by atoms with Crippen molar-refractivity contribution in [3.63, 3.8) is 0 Å². The fraction of sp³-hybridized carbons (Fsp3) is 0.0909. The molecule has 0 amide bonds. The van der Waals surface area contributed by atoms with Crippen LogP contribution in [0.1, 0.15) is 15.4 Å². The Bertz CT molecular complexity index is 551. The van der Waals surface area contributed by atoms with Gasteiger partial charge in [0.05, 0.1) is 5.69 Å². The average Bonchev–Trinajstić information content (AvgIpc) is 2.64. The predicted molar refractivity (Wildman–Crippen MR) is 71.2 cm³/mol. The van der Waals surface area contributed by atoms with Gasteiger partial charge in [-0.15, -0.1) is 0 Å². The maximum absolute atomic E-state index is 11.0. The number of rotatable bonds is 3. The molecule has 0 radical (unpaired) electrons. The first-order valence-corrected chi connectivity index (χ1v) is 6.36. The Kier molecular flexibility index (Phi) is 3.44. The van der Waals surface area contributed by atoms with E-state index in [1.54, 1.807) is 0 Å². The van der Waals surface area contributed by atoms with Gasteiger partial charge in [-0.25, -0.2) is 4.79 Å². The number of carboxylic acids is 1. The topological polar surface area (TPSA) is 62.2 Å². The maximum atomic E-state index is 11.0. The smallest absolute Gasteiger partial charge is 0.357 e. The van der Waals surface area contributed by atoms with E-state index in [2.05, 4.69) is 25.6 Å². The second kappa shape index (κ2) is 4.85. The van der Waals surface area contributed by atoms with Crippen LogP contribution >= 0.6 is 27.5 Å². The van der Waals surface area contributed by atoms with Crippen molar-refractivity contribution in [1.29, 1.82) is 0 Å². The van der Waals surface area contributed by atoms with Crippen LogP contribution in [0.3, 0.4) is 0 Å². The number of aromatic carboxylic acids is 1. The summed E-state index contributed by atoms with van der Waals surface area (Å²) in [5, 5.41) is 12.1. The molecule has 0 spiro atoms. The molecule has 2 rings (SSSR count). The van der Waals surface area contributed by atoms with Crippen LogP contribution in [0.4, 0.5) is 11.4 Å². The Morgan fingerprint density at radius 2 is 2.06 bits per heavy atom. The second-order valence-electron chi connectivity index (χ2n) is 3.40. The summed E-state index contributed by atoms with van der Waals surface area (Å²) >= 11 is 4.52. The maximum Gasteiger partial charge on any atom is 0.357 e. The first-order valence-electron chi connectivity index (χ1n) is 4.80. The molecule has 0 bridgehead atoms. The van der Waals surface area contributed by atoms with E-state index in [1.807, 2.05) is 31.2 Å².